The summed E-state index contributed by atoms with van der Waals surface area (Å²) in [5.41, 5.74) is 6.14. The second kappa shape index (κ2) is 6.57. The average molecular weight is 261 g/mol. The van der Waals surface area contributed by atoms with Crippen LogP contribution in [0, 0.1) is 11.3 Å². The number of benzene rings is 1. The number of ether oxygens (including phenoxy) is 1. The number of nitrogens with two attached hydrogens (primary N) is 1. The summed E-state index contributed by atoms with van der Waals surface area (Å²) in [6.07, 6.45) is 2.79. The number of hydrogen-bond acceptors (Lipinski definition) is 3. The lowest BCUT2D eigenvalue weighted by molar-refractivity contribution is 0.210. The fraction of sp³-hybridized carbons (Fsp3) is 0.533. The number of rotatable bonds is 8. The molecule has 0 radical (unpaired) electrons. The predicted octanol–water partition coefficient (Wildman–Crippen LogP) is 2.08. The van der Waals surface area contributed by atoms with E-state index in [9.17, 15) is 0 Å². The fourth-order valence-electron chi connectivity index (χ4n) is 2.07. The topological polar surface area (TPSA) is 62.3 Å². The quantitative estimate of drug-likeness (QED) is 0.556. The van der Waals surface area contributed by atoms with Gasteiger partial charge in [0, 0.05) is 18.7 Å². The molecular formula is C15H23N3O. The van der Waals surface area contributed by atoms with E-state index in [-0.39, 0.29) is 5.84 Å². The Morgan fingerprint density at radius 2 is 2.05 bits per heavy atom. The van der Waals surface area contributed by atoms with Crippen molar-refractivity contribution in [2.24, 2.45) is 11.7 Å². The van der Waals surface area contributed by atoms with Crippen LogP contribution in [0.15, 0.2) is 24.3 Å². The van der Waals surface area contributed by atoms with Crippen molar-refractivity contribution in [3.63, 3.8) is 0 Å². The zero-order valence-electron chi connectivity index (χ0n) is 11.6. The van der Waals surface area contributed by atoms with Crippen molar-refractivity contribution >= 4 is 5.84 Å². The monoisotopic (exact) mass is 261 g/mol. The normalized spacial score (nSPS) is 14.6. The molecular weight excluding hydrogens is 238 g/mol. The lowest BCUT2D eigenvalue weighted by Crippen LogP contribution is -2.30. The van der Waals surface area contributed by atoms with Gasteiger partial charge < -0.3 is 10.5 Å². The Bertz CT molecular complexity index is 412. The van der Waals surface area contributed by atoms with Gasteiger partial charge in [0.1, 0.15) is 18.2 Å². The van der Waals surface area contributed by atoms with Gasteiger partial charge in [-0.05, 0) is 49.6 Å². The van der Waals surface area contributed by atoms with E-state index in [2.05, 4.69) is 11.8 Å². The number of likely N-dealkylation sites (N-methyl/N-ethyl adjacent to an activating group) is 1. The molecule has 0 spiro atoms. The highest BCUT2D eigenvalue weighted by Crippen LogP contribution is 2.29. The van der Waals surface area contributed by atoms with E-state index in [1.54, 1.807) is 0 Å². The lowest BCUT2D eigenvalue weighted by atomic mass is 10.2. The highest BCUT2D eigenvalue weighted by Gasteiger charge is 2.23. The molecule has 0 heterocycles. The number of hydrogen-bond donors (Lipinski definition) is 2. The Kier molecular flexibility index (Phi) is 4.80. The SMILES string of the molecule is CCN(CCOc1ccc(C(=N)N)cc1)CC1CC1. The molecule has 0 amide bonds. The van der Waals surface area contributed by atoms with Crippen molar-refractivity contribution in [1.82, 2.24) is 4.90 Å². The van der Waals surface area contributed by atoms with Gasteiger partial charge in [-0.15, -0.1) is 0 Å². The standard InChI is InChI=1S/C15H23N3O/c1-2-18(11-12-3-4-12)9-10-19-14-7-5-13(6-8-14)15(16)17/h5-8,12H,2-4,9-11H2,1H3,(H3,16,17). The Morgan fingerprint density at radius 3 is 2.58 bits per heavy atom. The Morgan fingerprint density at radius 1 is 1.37 bits per heavy atom. The first-order valence-electron chi connectivity index (χ1n) is 6.98. The van der Waals surface area contributed by atoms with Crippen LogP contribution in [0.4, 0.5) is 0 Å². The maximum Gasteiger partial charge on any atom is 0.122 e. The van der Waals surface area contributed by atoms with Gasteiger partial charge in [0.2, 0.25) is 0 Å². The van der Waals surface area contributed by atoms with Crippen molar-refractivity contribution in [2.75, 3.05) is 26.2 Å². The Labute approximate surface area is 115 Å². The third kappa shape index (κ3) is 4.56. The molecule has 1 aliphatic carbocycles. The van der Waals surface area contributed by atoms with Gasteiger partial charge in [-0.3, -0.25) is 10.3 Å². The third-order valence-corrected chi connectivity index (χ3v) is 3.50. The summed E-state index contributed by atoms with van der Waals surface area (Å²) in [7, 11) is 0. The maximum atomic E-state index is 7.33. The van der Waals surface area contributed by atoms with Gasteiger partial charge in [0.25, 0.3) is 0 Å². The average Bonchev–Trinajstić information content (AvgIpc) is 3.22. The summed E-state index contributed by atoms with van der Waals surface area (Å²) >= 11 is 0. The van der Waals surface area contributed by atoms with E-state index in [1.165, 1.54) is 19.4 Å². The summed E-state index contributed by atoms with van der Waals surface area (Å²) in [4.78, 5) is 2.45. The first-order chi connectivity index (χ1) is 9.19. The first kappa shape index (κ1) is 13.9. The highest BCUT2D eigenvalue weighted by atomic mass is 16.5. The molecule has 104 valence electrons. The minimum Gasteiger partial charge on any atom is -0.492 e. The van der Waals surface area contributed by atoms with Crippen LogP contribution in [-0.4, -0.2) is 37.0 Å². The molecule has 1 saturated carbocycles. The molecule has 2 rings (SSSR count). The molecule has 4 heteroatoms. The van der Waals surface area contributed by atoms with Crippen LogP contribution in [0.3, 0.4) is 0 Å². The van der Waals surface area contributed by atoms with Crippen LogP contribution in [0.2, 0.25) is 0 Å². The van der Waals surface area contributed by atoms with E-state index in [4.69, 9.17) is 15.9 Å². The molecule has 3 N–H and O–H groups in total. The van der Waals surface area contributed by atoms with Crippen LogP contribution >= 0.6 is 0 Å². The van der Waals surface area contributed by atoms with Crippen LogP contribution in [0.5, 0.6) is 5.75 Å². The van der Waals surface area contributed by atoms with Gasteiger partial charge in [0.05, 0.1) is 0 Å². The van der Waals surface area contributed by atoms with Crippen LogP contribution in [0.1, 0.15) is 25.3 Å². The molecule has 1 aliphatic rings. The molecule has 0 saturated heterocycles. The summed E-state index contributed by atoms with van der Waals surface area (Å²) in [6.45, 7) is 6.18. The van der Waals surface area contributed by atoms with Crippen LogP contribution < -0.4 is 10.5 Å². The summed E-state index contributed by atoms with van der Waals surface area (Å²) in [5.74, 6) is 1.86. The molecule has 1 fully saturated rings. The summed E-state index contributed by atoms with van der Waals surface area (Å²) < 4.78 is 5.72. The molecule has 0 atom stereocenters. The third-order valence-electron chi connectivity index (χ3n) is 3.50. The van der Waals surface area contributed by atoms with Crippen LogP contribution in [0.25, 0.3) is 0 Å². The molecule has 4 nitrogen and oxygen atoms in total. The number of nitrogen functional groups attached to an aromatic ring is 1. The van der Waals surface area contributed by atoms with Crippen molar-refractivity contribution < 1.29 is 4.74 Å². The number of nitrogens with zero attached hydrogens (tertiary/aromatic N) is 1. The van der Waals surface area contributed by atoms with Gasteiger partial charge in [0.15, 0.2) is 0 Å². The van der Waals surface area contributed by atoms with Gasteiger partial charge in [-0.2, -0.15) is 0 Å². The minimum atomic E-state index is 0.0909. The largest absolute Gasteiger partial charge is 0.492 e. The van der Waals surface area contributed by atoms with E-state index < -0.39 is 0 Å². The summed E-state index contributed by atoms with van der Waals surface area (Å²) in [5, 5.41) is 7.33. The lowest BCUT2D eigenvalue weighted by Gasteiger charge is -2.20. The molecule has 19 heavy (non-hydrogen) atoms. The number of amidine groups is 1. The molecule has 0 aromatic heterocycles. The number of nitrogens with one attached hydrogen (secondary N) is 1. The molecule has 0 bridgehead atoms. The minimum absolute atomic E-state index is 0.0909. The van der Waals surface area contributed by atoms with E-state index >= 15 is 0 Å². The molecule has 0 unspecified atom stereocenters. The second-order valence-corrected chi connectivity index (χ2v) is 5.12. The zero-order valence-corrected chi connectivity index (χ0v) is 11.6. The fourth-order valence-corrected chi connectivity index (χ4v) is 2.07. The molecule has 1 aromatic carbocycles. The van der Waals surface area contributed by atoms with E-state index in [0.29, 0.717) is 6.61 Å². The van der Waals surface area contributed by atoms with Crippen molar-refractivity contribution in [3.8, 4) is 5.75 Å². The zero-order chi connectivity index (χ0) is 13.7. The summed E-state index contributed by atoms with van der Waals surface area (Å²) in [6, 6.07) is 7.38. The highest BCUT2D eigenvalue weighted by molar-refractivity contribution is 5.94. The molecule has 1 aromatic rings. The smallest absolute Gasteiger partial charge is 0.122 e. The predicted molar refractivity (Wildman–Crippen MR) is 77.8 cm³/mol. The van der Waals surface area contributed by atoms with E-state index in [0.717, 1.165) is 30.3 Å². The second-order valence-electron chi connectivity index (χ2n) is 5.12. The maximum absolute atomic E-state index is 7.33. The van der Waals surface area contributed by atoms with Crippen molar-refractivity contribution in [3.05, 3.63) is 29.8 Å². The van der Waals surface area contributed by atoms with Gasteiger partial charge >= 0.3 is 0 Å². The van der Waals surface area contributed by atoms with Crippen molar-refractivity contribution in [1.29, 1.82) is 5.41 Å². The van der Waals surface area contributed by atoms with Gasteiger partial charge in [-0.25, -0.2) is 0 Å². The van der Waals surface area contributed by atoms with Crippen LogP contribution in [-0.2, 0) is 0 Å². The first-order valence-corrected chi connectivity index (χ1v) is 6.98. The van der Waals surface area contributed by atoms with Gasteiger partial charge in [-0.1, -0.05) is 6.92 Å². The van der Waals surface area contributed by atoms with E-state index in [1.807, 2.05) is 24.3 Å². The Hall–Kier alpha value is -1.55. The molecule has 0 aliphatic heterocycles. The Balaban J connectivity index is 1.73. The van der Waals surface area contributed by atoms with Crippen molar-refractivity contribution in [2.45, 2.75) is 19.8 Å².